The molecule has 1 heterocycles. The molecule has 0 aliphatic carbocycles. The zero-order valence-corrected chi connectivity index (χ0v) is 17.6. The molecule has 1 aliphatic heterocycles. The molecule has 0 saturated carbocycles. The van der Waals surface area contributed by atoms with Crippen molar-refractivity contribution in [1.82, 2.24) is 10.4 Å². The standard InChI is InChI=1S/C24H31F3N2O/c1-2-3-4-5-6-7-8-13-20-19-12-10-9-11-18(19)14-15-21(20)23(24(25,26)27)29-17-16-22(30)28-29/h9-12,14-15,23H,2-8,13,16-17H2,1H3,(H,28,30). The van der Waals surface area contributed by atoms with Crippen LogP contribution in [0.25, 0.3) is 10.8 Å². The number of amides is 1. The molecule has 2 aromatic rings. The Kier molecular flexibility index (Phi) is 7.75. The summed E-state index contributed by atoms with van der Waals surface area (Å²) in [6, 6.07) is 9.16. The number of alkyl halides is 3. The molecule has 1 atom stereocenters. The van der Waals surface area contributed by atoms with E-state index in [0.717, 1.165) is 40.6 Å². The predicted octanol–water partition coefficient (Wildman–Crippen LogP) is 6.47. The quantitative estimate of drug-likeness (QED) is 0.447. The molecule has 3 rings (SSSR count). The third kappa shape index (κ3) is 5.54. The second-order valence-corrected chi connectivity index (χ2v) is 8.15. The van der Waals surface area contributed by atoms with Crippen molar-refractivity contribution in [3.05, 3.63) is 47.5 Å². The summed E-state index contributed by atoms with van der Waals surface area (Å²) in [5.41, 5.74) is 3.42. The molecule has 6 heteroatoms. The fourth-order valence-electron chi connectivity index (χ4n) is 4.36. The van der Waals surface area contributed by atoms with Crippen molar-refractivity contribution >= 4 is 16.7 Å². The number of halogens is 3. The van der Waals surface area contributed by atoms with Crippen LogP contribution in [0.3, 0.4) is 0 Å². The van der Waals surface area contributed by atoms with Gasteiger partial charge in [-0.15, -0.1) is 0 Å². The molecule has 1 amide bonds. The molecule has 164 valence electrons. The highest BCUT2D eigenvalue weighted by Crippen LogP contribution is 2.41. The SMILES string of the molecule is CCCCCCCCCc1c(C(N2CCC(=O)N2)C(F)(F)F)ccc2ccccc12. The Morgan fingerprint density at radius 2 is 1.70 bits per heavy atom. The number of rotatable bonds is 10. The largest absolute Gasteiger partial charge is 0.409 e. The molecule has 1 N–H and O–H groups in total. The Bertz CT molecular complexity index is 850. The zero-order chi connectivity index (χ0) is 21.6. The van der Waals surface area contributed by atoms with Gasteiger partial charge in [-0.05, 0) is 34.7 Å². The second-order valence-electron chi connectivity index (χ2n) is 8.15. The van der Waals surface area contributed by atoms with E-state index in [1.807, 2.05) is 24.3 Å². The summed E-state index contributed by atoms with van der Waals surface area (Å²) >= 11 is 0. The number of benzene rings is 2. The highest BCUT2D eigenvalue weighted by Gasteiger charge is 2.47. The Labute approximate surface area is 176 Å². The number of carbonyl (C=O) groups excluding carboxylic acids is 1. The van der Waals surface area contributed by atoms with Gasteiger partial charge in [0.1, 0.15) is 6.04 Å². The van der Waals surface area contributed by atoms with Crippen molar-refractivity contribution < 1.29 is 18.0 Å². The summed E-state index contributed by atoms with van der Waals surface area (Å²) in [4.78, 5) is 11.6. The molecule has 3 nitrogen and oxygen atoms in total. The fraction of sp³-hybridized carbons (Fsp3) is 0.542. The van der Waals surface area contributed by atoms with Gasteiger partial charge in [-0.3, -0.25) is 10.2 Å². The van der Waals surface area contributed by atoms with E-state index in [1.54, 1.807) is 12.1 Å². The van der Waals surface area contributed by atoms with Crippen molar-refractivity contribution in [2.24, 2.45) is 0 Å². The molecule has 0 spiro atoms. The van der Waals surface area contributed by atoms with E-state index in [0.29, 0.717) is 6.42 Å². The van der Waals surface area contributed by atoms with Crippen LogP contribution in [0, 0.1) is 0 Å². The summed E-state index contributed by atoms with van der Waals surface area (Å²) in [6.07, 6.45) is 4.06. The summed E-state index contributed by atoms with van der Waals surface area (Å²) in [5, 5.41) is 2.88. The van der Waals surface area contributed by atoms with Gasteiger partial charge in [-0.25, -0.2) is 5.01 Å². The number of aryl methyl sites for hydroxylation is 1. The Morgan fingerprint density at radius 3 is 2.37 bits per heavy atom. The number of nitrogens with zero attached hydrogens (tertiary/aromatic N) is 1. The van der Waals surface area contributed by atoms with Crippen molar-refractivity contribution in [3.8, 4) is 0 Å². The van der Waals surface area contributed by atoms with E-state index in [-0.39, 0.29) is 24.4 Å². The lowest BCUT2D eigenvalue weighted by atomic mass is 9.90. The average molecular weight is 421 g/mol. The van der Waals surface area contributed by atoms with Crippen LogP contribution in [0.15, 0.2) is 36.4 Å². The van der Waals surface area contributed by atoms with Gasteiger partial charge >= 0.3 is 6.18 Å². The lowest BCUT2D eigenvalue weighted by molar-refractivity contribution is -0.191. The van der Waals surface area contributed by atoms with Crippen molar-refractivity contribution in [1.29, 1.82) is 0 Å². The average Bonchev–Trinajstić information content (AvgIpc) is 3.12. The highest BCUT2D eigenvalue weighted by molar-refractivity contribution is 5.87. The van der Waals surface area contributed by atoms with Crippen molar-refractivity contribution in [2.45, 2.75) is 76.9 Å². The summed E-state index contributed by atoms with van der Waals surface area (Å²) < 4.78 is 42.4. The molecule has 1 unspecified atom stereocenters. The van der Waals surface area contributed by atoms with Gasteiger partial charge in [0.05, 0.1) is 0 Å². The smallest absolute Gasteiger partial charge is 0.288 e. The zero-order valence-electron chi connectivity index (χ0n) is 17.6. The first kappa shape index (κ1) is 22.6. The van der Waals surface area contributed by atoms with Gasteiger partial charge in [-0.1, -0.05) is 81.8 Å². The molecule has 1 fully saturated rings. The maximum absolute atomic E-state index is 14.1. The molecular weight excluding hydrogens is 389 g/mol. The van der Waals surface area contributed by atoms with Gasteiger partial charge in [0.15, 0.2) is 0 Å². The van der Waals surface area contributed by atoms with E-state index in [2.05, 4.69) is 12.3 Å². The summed E-state index contributed by atoms with van der Waals surface area (Å²) in [5.74, 6) is -0.362. The van der Waals surface area contributed by atoms with Crippen LogP contribution < -0.4 is 5.43 Å². The van der Waals surface area contributed by atoms with Crippen LogP contribution in [-0.4, -0.2) is 23.6 Å². The minimum Gasteiger partial charge on any atom is -0.288 e. The van der Waals surface area contributed by atoms with Crippen LogP contribution in [-0.2, 0) is 11.2 Å². The van der Waals surface area contributed by atoms with E-state index < -0.39 is 12.2 Å². The highest BCUT2D eigenvalue weighted by atomic mass is 19.4. The number of hydrogen-bond acceptors (Lipinski definition) is 2. The first-order chi connectivity index (χ1) is 14.4. The van der Waals surface area contributed by atoms with Gasteiger partial charge in [-0.2, -0.15) is 13.2 Å². The Morgan fingerprint density at radius 1 is 1.00 bits per heavy atom. The fourth-order valence-corrected chi connectivity index (χ4v) is 4.36. The third-order valence-electron chi connectivity index (χ3n) is 5.87. The van der Waals surface area contributed by atoms with Crippen LogP contribution in [0.5, 0.6) is 0 Å². The molecule has 30 heavy (non-hydrogen) atoms. The number of fused-ring (bicyclic) bond motifs is 1. The number of hydrogen-bond donors (Lipinski definition) is 1. The van der Waals surface area contributed by atoms with E-state index >= 15 is 0 Å². The lowest BCUT2D eigenvalue weighted by Gasteiger charge is -2.31. The number of hydrazine groups is 1. The molecule has 2 aromatic carbocycles. The first-order valence-electron chi connectivity index (χ1n) is 11.0. The number of carbonyl (C=O) groups is 1. The third-order valence-corrected chi connectivity index (χ3v) is 5.87. The topological polar surface area (TPSA) is 32.3 Å². The molecule has 0 bridgehead atoms. The maximum atomic E-state index is 14.1. The maximum Gasteiger partial charge on any atom is 0.409 e. The van der Waals surface area contributed by atoms with E-state index in [1.165, 1.54) is 25.7 Å². The van der Waals surface area contributed by atoms with Crippen LogP contribution in [0.4, 0.5) is 13.2 Å². The molecule has 1 saturated heterocycles. The van der Waals surface area contributed by atoms with Gasteiger partial charge < -0.3 is 0 Å². The molecule has 0 radical (unpaired) electrons. The van der Waals surface area contributed by atoms with Crippen molar-refractivity contribution in [3.63, 3.8) is 0 Å². The normalized spacial score (nSPS) is 16.2. The van der Waals surface area contributed by atoms with Gasteiger partial charge in [0, 0.05) is 13.0 Å². The molecular formula is C24H31F3N2O. The molecule has 1 aliphatic rings. The Hall–Kier alpha value is -2.08. The van der Waals surface area contributed by atoms with Crippen LogP contribution >= 0.6 is 0 Å². The molecule has 0 aromatic heterocycles. The van der Waals surface area contributed by atoms with Crippen LogP contribution in [0.1, 0.15) is 75.5 Å². The number of unbranched alkanes of at least 4 members (excludes halogenated alkanes) is 6. The first-order valence-corrected chi connectivity index (χ1v) is 11.0. The van der Waals surface area contributed by atoms with E-state index in [4.69, 9.17) is 0 Å². The summed E-state index contributed by atoms with van der Waals surface area (Å²) in [7, 11) is 0. The van der Waals surface area contributed by atoms with Gasteiger partial charge in [0.25, 0.3) is 0 Å². The van der Waals surface area contributed by atoms with E-state index in [9.17, 15) is 18.0 Å². The lowest BCUT2D eigenvalue weighted by Crippen LogP contribution is -2.44. The Balaban J connectivity index is 1.87. The van der Waals surface area contributed by atoms with Crippen molar-refractivity contribution in [2.75, 3.05) is 6.54 Å². The minimum atomic E-state index is -4.48. The second kappa shape index (κ2) is 10.3. The van der Waals surface area contributed by atoms with Crippen LogP contribution in [0.2, 0.25) is 0 Å². The van der Waals surface area contributed by atoms with Gasteiger partial charge in [0.2, 0.25) is 5.91 Å². The minimum absolute atomic E-state index is 0.0622. The predicted molar refractivity (Wildman–Crippen MR) is 114 cm³/mol. The monoisotopic (exact) mass is 420 g/mol. The number of nitrogens with one attached hydrogen (secondary N) is 1. The summed E-state index contributed by atoms with van der Waals surface area (Å²) in [6.45, 7) is 2.24.